The fourth-order valence-electron chi connectivity index (χ4n) is 1.26. The molecule has 0 unspecified atom stereocenters. The molecule has 0 saturated heterocycles. The first-order chi connectivity index (χ1) is 8.44. The largest absolute Gasteiger partial charge is 0.573 e. The summed E-state index contributed by atoms with van der Waals surface area (Å²) in [6, 6.07) is 5.03. The summed E-state index contributed by atoms with van der Waals surface area (Å²) in [6.45, 7) is 0. The lowest BCUT2D eigenvalue weighted by atomic mass is 10.2. The molecule has 0 fully saturated rings. The predicted octanol–water partition coefficient (Wildman–Crippen LogP) is 2.51. The average Bonchev–Trinajstić information content (AvgIpc) is 2.65. The fraction of sp³-hybridized carbons (Fsp3) is 0.0909. The van der Waals surface area contributed by atoms with Gasteiger partial charge in [-0.25, -0.2) is 9.79 Å². The highest BCUT2D eigenvalue weighted by Crippen LogP contribution is 2.23. The first-order valence-electron chi connectivity index (χ1n) is 4.75. The summed E-state index contributed by atoms with van der Waals surface area (Å²) in [5, 5.41) is 0. The quantitative estimate of drug-likeness (QED) is 0.604. The molecule has 0 atom stereocenters. The molecule has 0 saturated carbocycles. The van der Waals surface area contributed by atoms with Crippen molar-refractivity contribution >= 4 is 18.4 Å². The van der Waals surface area contributed by atoms with Gasteiger partial charge in [0, 0.05) is 0 Å². The highest BCUT2D eigenvalue weighted by molar-refractivity contribution is 6.01. The molecule has 1 aliphatic rings. The number of halogens is 3. The Kier molecular flexibility index (Phi) is 3.05. The number of carbonyl (C=O) groups is 1. The summed E-state index contributed by atoms with van der Waals surface area (Å²) in [4.78, 5) is 14.7. The van der Waals surface area contributed by atoms with Crippen LogP contribution in [0, 0.1) is 0 Å². The first kappa shape index (κ1) is 12.2. The Bertz CT molecular complexity index is 517. The lowest BCUT2D eigenvalue weighted by molar-refractivity contribution is -0.274. The van der Waals surface area contributed by atoms with Crippen LogP contribution in [0.4, 0.5) is 13.2 Å². The van der Waals surface area contributed by atoms with Gasteiger partial charge in [0.1, 0.15) is 5.75 Å². The second-order valence-corrected chi connectivity index (χ2v) is 3.29. The van der Waals surface area contributed by atoms with Crippen LogP contribution in [0.2, 0.25) is 0 Å². The summed E-state index contributed by atoms with van der Waals surface area (Å²) >= 11 is 0. The molecule has 0 bridgehead atoms. The van der Waals surface area contributed by atoms with Crippen molar-refractivity contribution in [2.75, 3.05) is 0 Å². The third kappa shape index (κ3) is 3.09. The van der Waals surface area contributed by atoms with E-state index in [4.69, 9.17) is 0 Å². The van der Waals surface area contributed by atoms with Crippen molar-refractivity contribution in [2.45, 2.75) is 6.36 Å². The van der Waals surface area contributed by atoms with Gasteiger partial charge in [-0.05, 0) is 23.8 Å². The molecular weight excluding hydrogens is 251 g/mol. The molecule has 0 aliphatic carbocycles. The molecule has 7 heteroatoms. The number of cyclic esters (lactones) is 1. The lowest BCUT2D eigenvalue weighted by Crippen LogP contribution is -2.16. The molecule has 1 aliphatic heterocycles. The van der Waals surface area contributed by atoms with Crippen LogP contribution in [-0.2, 0) is 9.53 Å². The maximum absolute atomic E-state index is 11.9. The third-order valence-corrected chi connectivity index (χ3v) is 1.98. The smallest absolute Gasteiger partial charge is 0.410 e. The van der Waals surface area contributed by atoms with Gasteiger partial charge in [-0.2, -0.15) is 0 Å². The van der Waals surface area contributed by atoms with E-state index in [0.29, 0.717) is 5.56 Å². The number of esters is 1. The van der Waals surface area contributed by atoms with E-state index < -0.39 is 12.3 Å². The summed E-state index contributed by atoms with van der Waals surface area (Å²) in [7, 11) is 0. The van der Waals surface area contributed by atoms with Crippen LogP contribution < -0.4 is 4.74 Å². The topological polar surface area (TPSA) is 47.9 Å². The van der Waals surface area contributed by atoms with Gasteiger partial charge in [0.2, 0.25) is 0 Å². The minimum atomic E-state index is -4.72. The number of carbonyl (C=O) groups excluding carboxylic acids is 1. The molecular formula is C11H6F3NO3. The SMILES string of the molecule is O=C1OC=N/C1=C\c1ccc(OC(F)(F)F)cc1. The maximum atomic E-state index is 11.9. The first-order valence-corrected chi connectivity index (χ1v) is 4.75. The summed E-state index contributed by atoms with van der Waals surface area (Å²) in [5.74, 6) is -0.937. The zero-order valence-corrected chi connectivity index (χ0v) is 8.77. The van der Waals surface area contributed by atoms with Crippen LogP contribution in [-0.4, -0.2) is 18.7 Å². The number of nitrogens with zero attached hydrogens (tertiary/aromatic N) is 1. The average molecular weight is 257 g/mol. The zero-order chi connectivity index (χ0) is 13.2. The molecule has 2 rings (SSSR count). The van der Waals surface area contributed by atoms with Gasteiger partial charge in [0.15, 0.2) is 12.1 Å². The monoisotopic (exact) mass is 257 g/mol. The summed E-state index contributed by atoms with van der Waals surface area (Å²) in [6.07, 6.45) is -2.34. The van der Waals surface area contributed by atoms with Crippen molar-refractivity contribution in [1.82, 2.24) is 0 Å². The number of alkyl halides is 3. The van der Waals surface area contributed by atoms with E-state index in [9.17, 15) is 18.0 Å². The fourth-order valence-corrected chi connectivity index (χ4v) is 1.26. The van der Waals surface area contributed by atoms with Gasteiger partial charge in [-0.15, -0.1) is 13.2 Å². The third-order valence-electron chi connectivity index (χ3n) is 1.98. The van der Waals surface area contributed by atoms with Gasteiger partial charge < -0.3 is 9.47 Å². The second kappa shape index (κ2) is 4.52. The Balaban J connectivity index is 2.13. The van der Waals surface area contributed by atoms with Gasteiger partial charge in [0.25, 0.3) is 0 Å². The Morgan fingerprint density at radius 1 is 1.22 bits per heavy atom. The van der Waals surface area contributed by atoms with Crippen molar-refractivity contribution < 1.29 is 27.4 Å². The van der Waals surface area contributed by atoms with E-state index in [-0.39, 0.29) is 11.4 Å². The maximum Gasteiger partial charge on any atom is 0.573 e. The summed E-state index contributed by atoms with van der Waals surface area (Å²) < 4.78 is 43.9. The molecule has 0 N–H and O–H groups in total. The van der Waals surface area contributed by atoms with Crippen molar-refractivity contribution in [2.24, 2.45) is 4.99 Å². The van der Waals surface area contributed by atoms with E-state index in [1.807, 2.05) is 0 Å². The Morgan fingerprint density at radius 2 is 1.89 bits per heavy atom. The number of benzene rings is 1. The van der Waals surface area contributed by atoms with Crippen LogP contribution in [0.15, 0.2) is 35.0 Å². The Morgan fingerprint density at radius 3 is 2.39 bits per heavy atom. The molecule has 0 aromatic heterocycles. The molecule has 1 aromatic carbocycles. The van der Waals surface area contributed by atoms with Crippen LogP contribution >= 0.6 is 0 Å². The number of hydrogen-bond acceptors (Lipinski definition) is 4. The molecule has 1 aromatic rings. The van der Waals surface area contributed by atoms with Crippen LogP contribution in [0.25, 0.3) is 6.08 Å². The van der Waals surface area contributed by atoms with Crippen LogP contribution in [0.5, 0.6) is 5.75 Å². The van der Waals surface area contributed by atoms with E-state index in [1.54, 1.807) is 0 Å². The highest BCUT2D eigenvalue weighted by atomic mass is 19.4. The van der Waals surface area contributed by atoms with Crippen LogP contribution in [0.1, 0.15) is 5.56 Å². The van der Waals surface area contributed by atoms with E-state index >= 15 is 0 Å². The molecule has 1 heterocycles. The van der Waals surface area contributed by atoms with Crippen molar-refractivity contribution in [1.29, 1.82) is 0 Å². The molecule has 94 valence electrons. The summed E-state index contributed by atoms with van der Waals surface area (Å²) in [5.41, 5.74) is 0.593. The highest BCUT2D eigenvalue weighted by Gasteiger charge is 2.30. The van der Waals surface area contributed by atoms with Crippen molar-refractivity contribution in [3.05, 3.63) is 35.5 Å². The van der Waals surface area contributed by atoms with E-state index in [0.717, 1.165) is 18.5 Å². The zero-order valence-electron chi connectivity index (χ0n) is 8.77. The Labute approximate surface area is 99.3 Å². The van der Waals surface area contributed by atoms with Crippen LogP contribution in [0.3, 0.4) is 0 Å². The van der Waals surface area contributed by atoms with Crippen molar-refractivity contribution in [3.63, 3.8) is 0 Å². The molecule has 4 nitrogen and oxygen atoms in total. The minimum absolute atomic E-state index is 0.0829. The number of aliphatic imine (C=N–C) groups is 1. The van der Waals surface area contributed by atoms with Gasteiger partial charge in [-0.3, -0.25) is 0 Å². The van der Waals surface area contributed by atoms with E-state index in [1.165, 1.54) is 18.2 Å². The number of ether oxygens (including phenoxy) is 2. The standard InChI is InChI=1S/C11H6F3NO3/c12-11(13,14)18-8-3-1-7(2-4-8)5-9-10(16)17-6-15-9/h1-6H/b9-5-. The number of hydrogen-bond donors (Lipinski definition) is 0. The molecule has 0 spiro atoms. The van der Waals surface area contributed by atoms with Gasteiger partial charge in [-0.1, -0.05) is 12.1 Å². The lowest BCUT2D eigenvalue weighted by Gasteiger charge is -2.08. The molecule has 0 amide bonds. The number of rotatable bonds is 2. The minimum Gasteiger partial charge on any atom is -0.410 e. The van der Waals surface area contributed by atoms with Crippen molar-refractivity contribution in [3.8, 4) is 5.75 Å². The predicted molar refractivity (Wildman–Crippen MR) is 55.7 cm³/mol. The Hall–Kier alpha value is -2.31. The molecule has 18 heavy (non-hydrogen) atoms. The van der Waals surface area contributed by atoms with E-state index in [2.05, 4.69) is 14.5 Å². The van der Waals surface area contributed by atoms with Gasteiger partial charge in [0.05, 0.1) is 0 Å². The molecule has 0 radical (unpaired) electrons. The second-order valence-electron chi connectivity index (χ2n) is 3.29. The van der Waals surface area contributed by atoms with Gasteiger partial charge >= 0.3 is 12.3 Å². The normalized spacial score (nSPS) is 17.1.